The van der Waals surface area contributed by atoms with E-state index in [2.05, 4.69) is 41.0 Å². The highest BCUT2D eigenvalue weighted by Gasteiger charge is 2.42. The van der Waals surface area contributed by atoms with Crippen LogP contribution in [0.3, 0.4) is 0 Å². The number of fused-ring (bicyclic) bond motifs is 4. The molecule has 1 aromatic carbocycles. The van der Waals surface area contributed by atoms with E-state index in [9.17, 15) is 15.2 Å². The number of ether oxygens (including phenoxy) is 1. The molecule has 226 valence electrons. The van der Waals surface area contributed by atoms with Gasteiger partial charge in [0.1, 0.15) is 18.1 Å². The summed E-state index contributed by atoms with van der Waals surface area (Å²) in [6, 6.07) is 7.54. The molecule has 0 unspecified atom stereocenters. The molecule has 1 amide bonds. The van der Waals surface area contributed by atoms with Gasteiger partial charge in [-0.1, -0.05) is 37.3 Å². The first kappa shape index (κ1) is 29.4. The van der Waals surface area contributed by atoms with Crippen molar-refractivity contribution in [2.45, 2.75) is 82.6 Å². The number of anilines is 1. The summed E-state index contributed by atoms with van der Waals surface area (Å²) in [5.41, 5.74) is 4.59. The summed E-state index contributed by atoms with van der Waals surface area (Å²) in [5, 5.41) is 27.2. The highest BCUT2D eigenvalue weighted by Crippen LogP contribution is 2.42. The molecule has 43 heavy (non-hydrogen) atoms. The number of benzene rings is 1. The molecule has 3 aromatic heterocycles. The molecule has 2 saturated heterocycles. The average molecular weight is 621 g/mol. The van der Waals surface area contributed by atoms with Gasteiger partial charge in [-0.15, -0.1) is 0 Å². The molecule has 0 radical (unpaired) electrons. The van der Waals surface area contributed by atoms with Gasteiger partial charge in [-0.3, -0.25) is 4.68 Å². The van der Waals surface area contributed by atoms with Crippen molar-refractivity contribution in [2.24, 2.45) is 7.05 Å². The van der Waals surface area contributed by atoms with Crippen molar-refractivity contribution in [1.29, 1.82) is 5.26 Å². The second kappa shape index (κ2) is 11.4. The second-order valence-corrected chi connectivity index (χ2v) is 18.9. The van der Waals surface area contributed by atoms with Crippen molar-refractivity contribution in [3.05, 3.63) is 35.2 Å². The number of nitrogens with one attached hydrogen (secondary N) is 1. The summed E-state index contributed by atoms with van der Waals surface area (Å²) in [6.45, 7) is 8.00. The van der Waals surface area contributed by atoms with E-state index in [0.717, 1.165) is 70.8 Å². The van der Waals surface area contributed by atoms with E-state index in [4.69, 9.17) is 26.3 Å². The Labute approximate surface area is 256 Å². The Bertz CT molecular complexity index is 1730. The molecule has 2 N–H and O–H groups in total. The van der Waals surface area contributed by atoms with Crippen LogP contribution in [0.4, 0.5) is 10.6 Å². The molecular weight excluding hydrogens is 584 g/mol. The SMILES string of the molecule is Cn1nc2ccc(-c3cn(COCC[Si](C)(C)C)c4nc(N5[C@@H]6CC[C@H]5C[C@@H](NC(=O)O)C6)cnc34)c(Cl)c2c1CC#N. The Hall–Kier alpha value is -3.66. The fourth-order valence-corrected chi connectivity index (χ4v) is 7.76. The summed E-state index contributed by atoms with van der Waals surface area (Å²) in [4.78, 5) is 23.7. The minimum atomic E-state index is -1.26. The molecular formula is C30H37ClN8O3Si. The molecule has 6 rings (SSSR count). The number of hydrogen-bond acceptors (Lipinski definition) is 7. The van der Waals surface area contributed by atoms with Crippen LogP contribution in [0.25, 0.3) is 33.2 Å². The minimum absolute atomic E-state index is 0.0476. The molecule has 2 fully saturated rings. The molecule has 0 aliphatic carbocycles. The summed E-state index contributed by atoms with van der Waals surface area (Å²) < 4.78 is 9.89. The number of amides is 1. The van der Waals surface area contributed by atoms with Crippen LogP contribution in [0.1, 0.15) is 31.4 Å². The number of halogens is 1. The van der Waals surface area contributed by atoms with Crippen LogP contribution in [0.5, 0.6) is 0 Å². The van der Waals surface area contributed by atoms with Crippen molar-refractivity contribution < 1.29 is 14.6 Å². The van der Waals surface area contributed by atoms with Crippen molar-refractivity contribution in [2.75, 3.05) is 11.5 Å². The van der Waals surface area contributed by atoms with Crippen molar-refractivity contribution in [3.63, 3.8) is 0 Å². The van der Waals surface area contributed by atoms with E-state index < -0.39 is 14.2 Å². The van der Waals surface area contributed by atoms with Crippen molar-refractivity contribution in [3.8, 4) is 17.2 Å². The highest BCUT2D eigenvalue weighted by atomic mass is 35.5. The number of carboxylic acid groups (broad SMARTS) is 1. The molecule has 2 aliphatic heterocycles. The number of hydrogen-bond donors (Lipinski definition) is 2. The van der Waals surface area contributed by atoms with Gasteiger partial charge in [-0.25, -0.2) is 14.8 Å². The molecule has 4 aromatic rings. The Balaban J connectivity index is 1.40. The molecule has 3 atom stereocenters. The Morgan fingerprint density at radius 2 is 1.98 bits per heavy atom. The summed E-state index contributed by atoms with van der Waals surface area (Å²) in [6.07, 6.45) is 6.57. The predicted octanol–water partition coefficient (Wildman–Crippen LogP) is 5.78. The monoisotopic (exact) mass is 620 g/mol. The second-order valence-electron chi connectivity index (χ2n) is 12.9. The fraction of sp³-hybridized carbons (Fsp3) is 0.500. The quantitative estimate of drug-likeness (QED) is 0.178. The third-order valence-electron chi connectivity index (χ3n) is 8.70. The van der Waals surface area contributed by atoms with E-state index in [1.165, 1.54) is 0 Å². The predicted molar refractivity (Wildman–Crippen MR) is 169 cm³/mol. The Kier molecular flexibility index (Phi) is 7.83. The Morgan fingerprint density at radius 1 is 1.23 bits per heavy atom. The number of carbonyl (C=O) groups is 1. The van der Waals surface area contributed by atoms with E-state index in [-0.39, 0.29) is 24.5 Å². The molecule has 2 aliphatic rings. The van der Waals surface area contributed by atoms with Gasteiger partial charge in [0.15, 0.2) is 5.65 Å². The fourth-order valence-electron chi connectivity index (χ4n) is 6.64. The van der Waals surface area contributed by atoms with E-state index >= 15 is 0 Å². The smallest absolute Gasteiger partial charge is 0.404 e. The number of nitriles is 1. The zero-order valence-corrected chi connectivity index (χ0v) is 26.7. The highest BCUT2D eigenvalue weighted by molar-refractivity contribution is 6.76. The first-order valence-electron chi connectivity index (χ1n) is 14.8. The summed E-state index contributed by atoms with van der Waals surface area (Å²) >= 11 is 7.06. The maximum absolute atomic E-state index is 11.3. The van der Waals surface area contributed by atoms with Crippen molar-refractivity contribution >= 4 is 53.7 Å². The molecule has 13 heteroatoms. The lowest BCUT2D eigenvalue weighted by Gasteiger charge is -2.39. The zero-order valence-electron chi connectivity index (χ0n) is 25.0. The number of nitrogens with zero attached hydrogens (tertiary/aromatic N) is 7. The zero-order chi connectivity index (χ0) is 30.5. The van der Waals surface area contributed by atoms with Crippen LogP contribution in [0.15, 0.2) is 24.5 Å². The topological polar surface area (TPSA) is 134 Å². The van der Waals surface area contributed by atoms with Crippen LogP contribution < -0.4 is 10.2 Å². The average Bonchev–Trinajstić information content (AvgIpc) is 3.55. The minimum Gasteiger partial charge on any atom is -0.465 e. The maximum Gasteiger partial charge on any atom is 0.404 e. The lowest BCUT2D eigenvalue weighted by molar-refractivity contribution is 0.0899. The van der Waals surface area contributed by atoms with Gasteiger partial charge in [0.25, 0.3) is 0 Å². The number of piperidine rings is 1. The molecule has 5 heterocycles. The van der Waals surface area contributed by atoms with Gasteiger partial charge < -0.3 is 24.6 Å². The van der Waals surface area contributed by atoms with Gasteiger partial charge in [-0.2, -0.15) is 10.4 Å². The Morgan fingerprint density at radius 3 is 2.65 bits per heavy atom. The van der Waals surface area contributed by atoms with E-state index in [1.807, 2.05) is 36.1 Å². The van der Waals surface area contributed by atoms with Crippen LogP contribution >= 0.6 is 11.6 Å². The maximum atomic E-state index is 11.3. The molecule has 0 saturated carbocycles. The number of rotatable bonds is 9. The summed E-state index contributed by atoms with van der Waals surface area (Å²) in [7, 11) is 0.571. The standard InChI is InChI=1S/C30H37ClN8O3Si/c1-37-24(9-10-32)26-23(36-37)8-7-21(27(26)31)22-16-38(17-42-11-12-43(2,3)4)29-28(22)33-15-25(35-29)39-19-5-6-20(39)14-18(13-19)34-30(40)41/h7-8,15-16,18-20,34H,5-6,9,11-14,17H2,1-4H3,(H,40,41)/t18-,19+,20-. The first-order chi connectivity index (χ1) is 20.5. The number of aryl methyl sites for hydroxylation is 1. The van der Waals surface area contributed by atoms with Crippen LogP contribution in [0.2, 0.25) is 30.7 Å². The summed E-state index contributed by atoms with van der Waals surface area (Å²) in [5.74, 6) is 0.798. The molecule has 0 spiro atoms. The van der Waals surface area contributed by atoms with Crippen LogP contribution in [-0.4, -0.2) is 68.3 Å². The van der Waals surface area contributed by atoms with Crippen molar-refractivity contribution in [1.82, 2.24) is 29.6 Å². The number of aromatic nitrogens is 5. The van der Waals surface area contributed by atoms with E-state index in [1.54, 1.807) is 4.68 Å². The van der Waals surface area contributed by atoms with E-state index in [0.29, 0.717) is 24.0 Å². The largest absolute Gasteiger partial charge is 0.465 e. The van der Waals surface area contributed by atoms with Gasteiger partial charge in [0.2, 0.25) is 0 Å². The van der Waals surface area contributed by atoms with Gasteiger partial charge in [0.05, 0.1) is 34.9 Å². The third-order valence-corrected chi connectivity index (χ3v) is 10.8. The van der Waals surface area contributed by atoms with Crippen LogP contribution in [0, 0.1) is 11.3 Å². The first-order valence-corrected chi connectivity index (χ1v) is 18.9. The molecule has 2 bridgehead atoms. The third kappa shape index (κ3) is 5.69. The van der Waals surface area contributed by atoms with Gasteiger partial charge in [-0.05, 0) is 37.8 Å². The van der Waals surface area contributed by atoms with Gasteiger partial charge >= 0.3 is 6.09 Å². The lowest BCUT2D eigenvalue weighted by atomic mass is 9.97. The lowest BCUT2D eigenvalue weighted by Crippen LogP contribution is -2.50. The van der Waals surface area contributed by atoms with Crippen LogP contribution in [-0.2, 0) is 24.9 Å². The van der Waals surface area contributed by atoms with Gasteiger partial charge in [0, 0.05) is 62.6 Å². The normalized spacial score (nSPS) is 20.2. The molecule has 11 nitrogen and oxygen atoms in total.